The second-order valence-corrected chi connectivity index (χ2v) is 4.91. The van der Waals surface area contributed by atoms with Gasteiger partial charge in [-0.2, -0.15) is 0 Å². The van der Waals surface area contributed by atoms with Crippen LogP contribution in [-0.2, 0) is 0 Å². The summed E-state index contributed by atoms with van der Waals surface area (Å²) < 4.78 is 0. The quantitative estimate of drug-likeness (QED) is 0.847. The van der Waals surface area contributed by atoms with Crippen molar-refractivity contribution in [3.63, 3.8) is 0 Å². The van der Waals surface area contributed by atoms with Crippen LogP contribution in [0.25, 0.3) is 0 Å². The number of carbonyl (C=O) groups excluding carboxylic acids is 1. The van der Waals surface area contributed by atoms with Crippen LogP contribution in [0.2, 0.25) is 5.02 Å². The summed E-state index contributed by atoms with van der Waals surface area (Å²) in [5.41, 5.74) is 1.82. The number of rotatable bonds is 4. The first-order valence-electron chi connectivity index (χ1n) is 6.57. The molecule has 2 amide bonds. The van der Waals surface area contributed by atoms with E-state index >= 15 is 0 Å². The van der Waals surface area contributed by atoms with Gasteiger partial charge in [-0.05, 0) is 36.2 Å². The van der Waals surface area contributed by atoms with E-state index in [1.54, 1.807) is 24.3 Å². The number of benzene rings is 2. The number of hydrogen-bond donors (Lipinski definition) is 2. The third-order valence-electron chi connectivity index (χ3n) is 3.02. The van der Waals surface area contributed by atoms with Gasteiger partial charge in [-0.3, -0.25) is 0 Å². The molecule has 3 nitrogen and oxygen atoms in total. The van der Waals surface area contributed by atoms with Gasteiger partial charge in [0.15, 0.2) is 0 Å². The van der Waals surface area contributed by atoms with Gasteiger partial charge in [0.1, 0.15) is 0 Å². The van der Waals surface area contributed by atoms with Crippen molar-refractivity contribution in [2.24, 2.45) is 0 Å². The molecule has 0 fully saturated rings. The Morgan fingerprint density at radius 2 is 1.75 bits per heavy atom. The summed E-state index contributed by atoms with van der Waals surface area (Å²) in [4.78, 5) is 12.0. The van der Waals surface area contributed by atoms with Crippen molar-refractivity contribution in [2.45, 2.75) is 19.4 Å². The Morgan fingerprint density at radius 3 is 2.35 bits per heavy atom. The molecule has 104 valence electrons. The fourth-order valence-corrected chi connectivity index (χ4v) is 2.09. The van der Waals surface area contributed by atoms with Crippen LogP contribution in [-0.4, -0.2) is 6.03 Å². The summed E-state index contributed by atoms with van der Waals surface area (Å²) >= 11 is 5.81. The van der Waals surface area contributed by atoms with E-state index < -0.39 is 0 Å². The largest absolute Gasteiger partial charge is 0.331 e. The lowest BCUT2D eigenvalue weighted by atomic mass is 10.1. The Balaban J connectivity index is 1.97. The molecular weight excluding hydrogens is 272 g/mol. The highest BCUT2D eigenvalue weighted by Crippen LogP contribution is 2.17. The van der Waals surface area contributed by atoms with Crippen molar-refractivity contribution in [3.8, 4) is 0 Å². The molecule has 0 heterocycles. The molecule has 1 unspecified atom stereocenters. The summed E-state index contributed by atoms with van der Waals surface area (Å²) in [5, 5.41) is 6.40. The fourth-order valence-electron chi connectivity index (χ4n) is 1.97. The molecule has 1 atom stereocenters. The van der Waals surface area contributed by atoms with E-state index in [4.69, 9.17) is 11.6 Å². The highest BCUT2D eigenvalue weighted by atomic mass is 35.5. The Bertz CT molecular complexity index is 554. The fraction of sp³-hybridized carbons (Fsp3) is 0.188. The van der Waals surface area contributed by atoms with Crippen LogP contribution in [0.1, 0.15) is 24.9 Å². The number of halogens is 1. The molecule has 0 aliphatic heterocycles. The minimum atomic E-state index is -0.219. The molecular formula is C16H17ClN2O. The third kappa shape index (κ3) is 4.00. The minimum absolute atomic E-state index is 0.00324. The van der Waals surface area contributed by atoms with Crippen molar-refractivity contribution in [1.29, 1.82) is 0 Å². The lowest BCUT2D eigenvalue weighted by molar-refractivity contribution is 0.248. The minimum Gasteiger partial charge on any atom is -0.331 e. The molecule has 0 aliphatic rings. The monoisotopic (exact) mass is 288 g/mol. The number of carbonyl (C=O) groups is 1. The first kappa shape index (κ1) is 14.4. The van der Waals surface area contributed by atoms with Gasteiger partial charge in [0.25, 0.3) is 0 Å². The lowest BCUT2D eigenvalue weighted by Crippen LogP contribution is -2.32. The second-order valence-electron chi connectivity index (χ2n) is 4.48. The van der Waals surface area contributed by atoms with E-state index in [2.05, 4.69) is 10.6 Å². The Kier molecular flexibility index (Phi) is 5.02. The first-order chi connectivity index (χ1) is 9.69. The van der Waals surface area contributed by atoms with E-state index in [0.717, 1.165) is 17.7 Å². The van der Waals surface area contributed by atoms with E-state index in [-0.39, 0.29) is 12.1 Å². The molecule has 0 saturated carbocycles. The molecule has 2 N–H and O–H groups in total. The topological polar surface area (TPSA) is 41.1 Å². The lowest BCUT2D eigenvalue weighted by Gasteiger charge is -2.18. The normalized spacial score (nSPS) is 11.7. The number of amides is 2. The van der Waals surface area contributed by atoms with Crippen LogP contribution in [0.5, 0.6) is 0 Å². The molecule has 0 saturated heterocycles. The highest BCUT2D eigenvalue weighted by Gasteiger charge is 2.12. The average molecular weight is 289 g/mol. The molecule has 0 bridgehead atoms. The van der Waals surface area contributed by atoms with Gasteiger partial charge < -0.3 is 10.6 Å². The summed E-state index contributed by atoms with van der Waals surface area (Å²) in [6.45, 7) is 2.04. The van der Waals surface area contributed by atoms with Crippen molar-refractivity contribution < 1.29 is 4.79 Å². The molecule has 4 heteroatoms. The van der Waals surface area contributed by atoms with E-state index in [1.165, 1.54) is 0 Å². The zero-order chi connectivity index (χ0) is 14.4. The van der Waals surface area contributed by atoms with Gasteiger partial charge >= 0.3 is 6.03 Å². The number of nitrogens with one attached hydrogen (secondary N) is 2. The van der Waals surface area contributed by atoms with Crippen molar-refractivity contribution in [2.75, 3.05) is 5.32 Å². The van der Waals surface area contributed by atoms with Gasteiger partial charge in [0.05, 0.1) is 6.04 Å². The molecule has 0 aromatic heterocycles. The number of hydrogen-bond acceptors (Lipinski definition) is 1. The van der Waals surface area contributed by atoms with E-state index in [0.29, 0.717) is 5.02 Å². The van der Waals surface area contributed by atoms with Crippen LogP contribution < -0.4 is 10.6 Å². The Morgan fingerprint density at radius 1 is 1.10 bits per heavy atom. The van der Waals surface area contributed by atoms with Gasteiger partial charge in [0, 0.05) is 10.7 Å². The zero-order valence-corrected chi connectivity index (χ0v) is 12.0. The smallest absolute Gasteiger partial charge is 0.319 e. The average Bonchev–Trinajstić information content (AvgIpc) is 2.48. The summed E-state index contributed by atoms with van der Waals surface area (Å²) in [6.07, 6.45) is 0.831. The van der Waals surface area contributed by atoms with Gasteiger partial charge in [0.2, 0.25) is 0 Å². The predicted molar refractivity (Wildman–Crippen MR) is 83.1 cm³/mol. The summed E-state index contributed by atoms with van der Waals surface area (Å²) in [6, 6.07) is 16.7. The summed E-state index contributed by atoms with van der Waals surface area (Å²) in [5.74, 6) is 0. The van der Waals surface area contributed by atoms with E-state index in [9.17, 15) is 4.79 Å². The van der Waals surface area contributed by atoms with Crippen LogP contribution >= 0.6 is 11.6 Å². The molecule has 0 spiro atoms. The van der Waals surface area contributed by atoms with Crippen molar-refractivity contribution in [1.82, 2.24) is 5.32 Å². The van der Waals surface area contributed by atoms with Crippen LogP contribution in [0, 0.1) is 0 Å². The predicted octanol–water partition coefficient (Wildman–Crippen LogP) is 4.61. The standard InChI is InChI=1S/C16H17ClN2O/c1-2-15(12-6-4-3-5-7-12)19-16(20)18-14-10-8-13(17)9-11-14/h3-11,15H,2H2,1H3,(H2,18,19,20). The summed E-state index contributed by atoms with van der Waals surface area (Å²) in [7, 11) is 0. The van der Waals surface area contributed by atoms with Gasteiger partial charge in [-0.25, -0.2) is 4.79 Å². The first-order valence-corrected chi connectivity index (χ1v) is 6.95. The zero-order valence-electron chi connectivity index (χ0n) is 11.3. The maximum Gasteiger partial charge on any atom is 0.319 e. The third-order valence-corrected chi connectivity index (χ3v) is 3.27. The van der Waals surface area contributed by atoms with Crippen LogP contribution in [0.4, 0.5) is 10.5 Å². The SMILES string of the molecule is CCC(NC(=O)Nc1ccc(Cl)cc1)c1ccccc1. The van der Waals surface area contributed by atoms with Gasteiger partial charge in [-0.1, -0.05) is 48.9 Å². The molecule has 0 aliphatic carbocycles. The second kappa shape index (κ2) is 6.96. The van der Waals surface area contributed by atoms with Gasteiger partial charge in [-0.15, -0.1) is 0 Å². The molecule has 20 heavy (non-hydrogen) atoms. The maximum absolute atomic E-state index is 12.0. The van der Waals surface area contributed by atoms with Crippen molar-refractivity contribution >= 4 is 23.3 Å². The molecule has 2 aromatic rings. The Labute approximate surface area is 124 Å². The highest BCUT2D eigenvalue weighted by molar-refractivity contribution is 6.30. The Hall–Kier alpha value is -2.00. The van der Waals surface area contributed by atoms with E-state index in [1.807, 2.05) is 37.3 Å². The molecule has 0 radical (unpaired) electrons. The molecule has 2 rings (SSSR count). The van der Waals surface area contributed by atoms with Crippen LogP contribution in [0.15, 0.2) is 54.6 Å². The van der Waals surface area contributed by atoms with Crippen molar-refractivity contribution in [3.05, 3.63) is 65.2 Å². The maximum atomic E-state index is 12.0. The van der Waals surface area contributed by atoms with Crippen LogP contribution in [0.3, 0.4) is 0 Å². The molecule has 2 aromatic carbocycles. The number of anilines is 1. The number of urea groups is 1.